The fourth-order valence-corrected chi connectivity index (χ4v) is 5.38. The van der Waals surface area contributed by atoms with Crippen LogP contribution in [0.2, 0.25) is 5.02 Å². The van der Waals surface area contributed by atoms with E-state index < -0.39 is 28.5 Å². The molecular weight excluding hydrogens is 566 g/mol. The van der Waals surface area contributed by atoms with Crippen LogP contribution >= 0.6 is 11.6 Å². The van der Waals surface area contributed by atoms with Gasteiger partial charge in [0.25, 0.3) is 0 Å². The molecule has 1 atom stereocenters. The number of ether oxygens (including phenoxy) is 2. The van der Waals surface area contributed by atoms with Crippen LogP contribution < -0.4 is 19.1 Å². The predicted octanol–water partition coefficient (Wildman–Crippen LogP) is 4.29. The van der Waals surface area contributed by atoms with Gasteiger partial charge in [-0.2, -0.15) is 0 Å². The first-order chi connectivity index (χ1) is 19.4. The molecule has 1 N–H and O–H groups in total. The van der Waals surface area contributed by atoms with E-state index in [1.807, 2.05) is 44.2 Å². The molecule has 0 aromatic heterocycles. The molecule has 220 valence electrons. The van der Waals surface area contributed by atoms with Crippen LogP contribution in [-0.2, 0) is 32.6 Å². The molecular formula is C30H36ClN3O6S. The number of rotatable bonds is 13. The van der Waals surface area contributed by atoms with Crippen LogP contribution in [0.3, 0.4) is 0 Å². The molecule has 0 saturated heterocycles. The van der Waals surface area contributed by atoms with E-state index in [4.69, 9.17) is 21.1 Å². The predicted molar refractivity (Wildman–Crippen MR) is 161 cm³/mol. The molecule has 3 rings (SSSR count). The van der Waals surface area contributed by atoms with Gasteiger partial charge in [0, 0.05) is 30.1 Å². The van der Waals surface area contributed by atoms with Gasteiger partial charge in [0.15, 0.2) is 11.5 Å². The van der Waals surface area contributed by atoms with Crippen molar-refractivity contribution in [2.45, 2.75) is 38.9 Å². The summed E-state index contributed by atoms with van der Waals surface area (Å²) in [4.78, 5) is 29.1. The molecule has 0 aliphatic carbocycles. The van der Waals surface area contributed by atoms with Gasteiger partial charge < -0.3 is 19.7 Å². The normalized spacial score (nSPS) is 12.0. The van der Waals surface area contributed by atoms with E-state index in [0.29, 0.717) is 22.1 Å². The van der Waals surface area contributed by atoms with E-state index in [2.05, 4.69) is 5.32 Å². The maximum Gasteiger partial charge on any atom is 0.244 e. The van der Waals surface area contributed by atoms with E-state index in [1.54, 1.807) is 30.3 Å². The molecule has 3 aromatic rings. The number of hydrogen-bond acceptors (Lipinski definition) is 6. The summed E-state index contributed by atoms with van der Waals surface area (Å²) in [6, 6.07) is 19.8. The topological polar surface area (TPSA) is 105 Å². The third-order valence-corrected chi connectivity index (χ3v) is 7.84. The number of methoxy groups -OCH3 is 2. The fraction of sp³-hybridized carbons (Fsp3) is 0.333. The van der Waals surface area contributed by atoms with Crippen molar-refractivity contribution in [1.29, 1.82) is 0 Å². The highest BCUT2D eigenvalue weighted by atomic mass is 35.5. The van der Waals surface area contributed by atoms with Gasteiger partial charge in [0.05, 0.1) is 26.2 Å². The van der Waals surface area contributed by atoms with Crippen molar-refractivity contribution in [3.8, 4) is 11.5 Å². The summed E-state index contributed by atoms with van der Waals surface area (Å²) in [6.07, 6.45) is 1.23. The molecule has 0 fully saturated rings. The zero-order valence-corrected chi connectivity index (χ0v) is 25.4. The maximum absolute atomic E-state index is 14.1. The molecule has 0 aliphatic heterocycles. The third-order valence-electron chi connectivity index (χ3n) is 6.33. The Balaban J connectivity index is 2.09. The Bertz CT molecular complexity index is 1450. The summed E-state index contributed by atoms with van der Waals surface area (Å²) < 4.78 is 37.6. The van der Waals surface area contributed by atoms with E-state index in [0.717, 1.165) is 16.1 Å². The molecule has 3 aromatic carbocycles. The molecule has 0 unspecified atom stereocenters. The number of sulfonamides is 1. The largest absolute Gasteiger partial charge is 0.493 e. The van der Waals surface area contributed by atoms with E-state index in [9.17, 15) is 18.0 Å². The van der Waals surface area contributed by atoms with Gasteiger partial charge in [-0.1, -0.05) is 60.1 Å². The highest BCUT2D eigenvalue weighted by Gasteiger charge is 2.33. The maximum atomic E-state index is 14.1. The lowest BCUT2D eigenvalue weighted by molar-refractivity contribution is -0.140. The average molecular weight is 602 g/mol. The van der Waals surface area contributed by atoms with E-state index in [1.165, 1.54) is 31.3 Å². The summed E-state index contributed by atoms with van der Waals surface area (Å²) in [7, 11) is -1.03. The average Bonchev–Trinajstić information content (AvgIpc) is 2.93. The van der Waals surface area contributed by atoms with Gasteiger partial charge in [-0.15, -0.1) is 0 Å². The molecule has 41 heavy (non-hydrogen) atoms. The monoisotopic (exact) mass is 601 g/mol. The minimum atomic E-state index is -3.93. The first-order valence-corrected chi connectivity index (χ1v) is 15.2. The highest BCUT2D eigenvalue weighted by Crippen LogP contribution is 2.32. The molecule has 0 heterocycles. The summed E-state index contributed by atoms with van der Waals surface area (Å²) >= 11 is 6.47. The number of benzene rings is 3. The zero-order valence-electron chi connectivity index (χ0n) is 23.8. The van der Waals surface area contributed by atoms with Gasteiger partial charge in [-0.3, -0.25) is 13.9 Å². The standard InChI is InChI=1S/C30H36ClN3O6S/c1-21(2)32-30(36)26(17-22-11-7-6-8-12-22)33(19-23-13-9-10-14-25(23)31)29(35)20-34(41(5,37)38)24-15-16-27(39-3)28(18-24)40-4/h6-16,18,21,26H,17,19-20H2,1-5H3,(H,32,36)/t26-/m1/s1. The summed E-state index contributed by atoms with van der Waals surface area (Å²) in [5.41, 5.74) is 1.67. The number of halogens is 1. The Morgan fingerprint density at radius 2 is 1.56 bits per heavy atom. The van der Waals surface area contributed by atoms with Gasteiger partial charge in [-0.05, 0) is 43.2 Å². The first-order valence-electron chi connectivity index (χ1n) is 13.0. The molecule has 0 aliphatic rings. The van der Waals surface area contributed by atoms with Crippen LogP contribution in [0, 0.1) is 0 Å². The van der Waals surface area contributed by atoms with Crippen molar-refractivity contribution in [3.05, 3.63) is 88.9 Å². The van der Waals surface area contributed by atoms with Crippen molar-refractivity contribution in [3.63, 3.8) is 0 Å². The number of hydrogen-bond donors (Lipinski definition) is 1. The quantitative estimate of drug-likeness (QED) is 0.313. The molecule has 11 heteroatoms. The number of amides is 2. The Hall–Kier alpha value is -3.76. The lowest BCUT2D eigenvalue weighted by Gasteiger charge is -2.34. The van der Waals surface area contributed by atoms with Crippen LogP contribution in [0.1, 0.15) is 25.0 Å². The third kappa shape index (κ3) is 8.61. The molecule has 0 radical (unpaired) electrons. The Morgan fingerprint density at radius 1 is 0.927 bits per heavy atom. The van der Waals surface area contributed by atoms with Crippen molar-refractivity contribution >= 4 is 39.1 Å². The van der Waals surface area contributed by atoms with Crippen LogP contribution in [-0.4, -0.2) is 64.2 Å². The van der Waals surface area contributed by atoms with Gasteiger partial charge in [0.2, 0.25) is 21.8 Å². The second-order valence-electron chi connectivity index (χ2n) is 9.79. The summed E-state index contributed by atoms with van der Waals surface area (Å²) in [5.74, 6) is -0.229. The number of carbonyl (C=O) groups is 2. The van der Waals surface area contributed by atoms with Crippen molar-refractivity contribution in [1.82, 2.24) is 10.2 Å². The lowest BCUT2D eigenvalue weighted by Crippen LogP contribution is -2.54. The molecule has 0 saturated carbocycles. The smallest absolute Gasteiger partial charge is 0.244 e. The van der Waals surface area contributed by atoms with E-state index >= 15 is 0 Å². The Morgan fingerprint density at radius 3 is 2.15 bits per heavy atom. The summed E-state index contributed by atoms with van der Waals surface area (Å²) in [5, 5.41) is 3.34. The SMILES string of the molecule is COc1ccc(N(CC(=O)N(Cc2ccccc2Cl)[C@H](Cc2ccccc2)C(=O)NC(C)C)S(C)(=O)=O)cc1OC. The number of nitrogens with zero attached hydrogens (tertiary/aromatic N) is 2. The van der Waals surface area contributed by atoms with Crippen LogP contribution in [0.4, 0.5) is 5.69 Å². The molecule has 9 nitrogen and oxygen atoms in total. The molecule has 0 bridgehead atoms. The van der Waals surface area contributed by atoms with Crippen molar-refractivity contribution < 1.29 is 27.5 Å². The molecule has 2 amide bonds. The second-order valence-corrected chi connectivity index (χ2v) is 12.1. The number of anilines is 1. The summed E-state index contributed by atoms with van der Waals surface area (Å²) in [6.45, 7) is 3.10. The van der Waals surface area contributed by atoms with Crippen LogP contribution in [0.5, 0.6) is 11.5 Å². The highest BCUT2D eigenvalue weighted by molar-refractivity contribution is 7.92. The fourth-order valence-electron chi connectivity index (χ4n) is 4.34. The number of nitrogens with one attached hydrogen (secondary N) is 1. The van der Waals surface area contributed by atoms with Crippen molar-refractivity contribution in [2.24, 2.45) is 0 Å². The van der Waals surface area contributed by atoms with Gasteiger partial charge in [-0.25, -0.2) is 8.42 Å². The Labute approximate surface area is 247 Å². The minimum absolute atomic E-state index is 0.00887. The Kier molecular flexibility index (Phi) is 11.0. The second kappa shape index (κ2) is 14.2. The van der Waals surface area contributed by atoms with Crippen LogP contribution in [0.25, 0.3) is 0 Å². The zero-order chi connectivity index (χ0) is 30.2. The van der Waals surface area contributed by atoms with Gasteiger partial charge in [0.1, 0.15) is 12.6 Å². The lowest BCUT2D eigenvalue weighted by atomic mass is 10.0. The number of carbonyl (C=O) groups excluding carboxylic acids is 2. The first kappa shape index (κ1) is 31.8. The molecule has 0 spiro atoms. The van der Waals surface area contributed by atoms with Crippen LogP contribution in [0.15, 0.2) is 72.8 Å². The van der Waals surface area contributed by atoms with E-state index in [-0.39, 0.29) is 30.6 Å². The van der Waals surface area contributed by atoms with Gasteiger partial charge >= 0.3 is 0 Å². The van der Waals surface area contributed by atoms with Crippen molar-refractivity contribution in [2.75, 3.05) is 31.3 Å². The minimum Gasteiger partial charge on any atom is -0.493 e.